The highest BCUT2D eigenvalue weighted by atomic mass is 16.4. The number of carbonyl (C=O) groups excluding carboxylic acids is 1. The predicted octanol–water partition coefficient (Wildman–Crippen LogP) is 6.41. The third kappa shape index (κ3) is 2.70. The van der Waals surface area contributed by atoms with Gasteiger partial charge in [0.05, 0.1) is 11.5 Å². The number of Topliss-reactive ketones (excluding diaryl/α,β-unsaturated/α-hetero) is 1. The number of aliphatic carboxylic acids is 1. The Morgan fingerprint density at radius 1 is 0.882 bits per heavy atom. The average molecular weight is 471 g/mol. The molecule has 0 radical (unpaired) electrons. The fourth-order valence-corrected chi connectivity index (χ4v) is 10.9. The van der Waals surface area contributed by atoms with Crippen LogP contribution in [0.3, 0.4) is 0 Å². The fourth-order valence-electron chi connectivity index (χ4n) is 10.9. The number of aliphatic hydroxyl groups is 1. The SMILES string of the molecule is CC(C)C1=C2[C@H]3CC[C@@H]4[C@@]5(C)C(O)CCC(C)(C)[C@@H]5CC[C@@]4(C)[C@]3(C)CC[C@@]2(C(=O)O)CC1=O. The minimum atomic E-state index is -0.989. The summed E-state index contributed by atoms with van der Waals surface area (Å²) in [5, 5.41) is 22.0. The van der Waals surface area contributed by atoms with Crippen molar-refractivity contribution in [3.05, 3.63) is 11.1 Å². The lowest BCUT2D eigenvalue weighted by atomic mass is 9.32. The van der Waals surface area contributed by atoms with Gasteiger partial charge in [-0.15, -0.1) is 0 Å². The van der Waals surface area contributed by atoms with E-state index in [0.717, 1.165) is 56.1 Å². The lowest BCUT2D eigenvalue weighted by molar-refractivity contribution is -0.243. The van der Waals surface area contributed by atoms with Crippen molar-refractivity contribution in [3.8, 4) is 0 Å². The zero-order valence-corrected chi connectivity index (χ0v) is 22.5. The number of carboxylic acids is 1. The summed E-state index contributed by atoms with van der Waals surface area (Å²) in [6, 6.07) is 0. The predicted molar refractivity (Wildman–Crippen MR) is 133 cm³/mol. The second kappa shape index (κ2) is 7.20. The smallest absolute Gasteiger partial charge is 0.314 e. The zero-order valence-electron chi connectivity index (χ0n) is 22.5. The molecule has 8 atom stereocenters. The summed E-state index contributed by atoms with van der Waals surface area (Å²) in [5.74, 6) is 0.432. The zero-order chi connectivity index (χ0) is 25.1. The summed E-state index contributed by atoms with van der Waals surface area (Å²) in [6.07, 6.45) is 7.53. The van der Waals surface area contributed by atoms with Crippen LogP contribution in [0.4, 0.5) is 0 Å². The van der Waals surface area contributed by atoms with Crippen molar-refractivity contribution >= 4 is 11.8 Å². The van der Waals surface area contributed by atoms with Crippen LogP contribution < -0.4 is 0 Å². The van der Waals surface area contributed by atoms with Crippen molar-refractivity contribution in [2.24, 2.45) is 50.7 Å². The van der Waals surface area contributed by atoms with Crippen LogP contribution in [0, 0.1) is 50.7 Å². The van der Waals surface area contributed by atoms with Gasteiger partial charge in [0.25, 0.3) is 0 Å². The molecule has 0 aliphatic heterocycles. The molecule has 1 unspecified atom stereocenters. The van der Waals surface area contributed by atoms with Gasteiger partial charge in [-0.25, -0.2) is 0 Å². The first-order chi connectivity index (χ1) is 15.7. The van der Waals surface area contributed by atoms with E-state index >= 15 is 0 Å². The highest BCUT2D eigenvalue weighted by Crippen LogP contribution is 2.76. The molecule has 0 heterocycles. The Morgan fingerprint density at radius 2 is 1.56 bits per heavy atom. The van der Waals surface area contributed by atoms with Gasteiger partial charge < -0.3 is 10.2 Å². The van der Waals surface area contributed by atoms with Gasteiger partial charge in [-0.05, 0) is 102 Å². The number of hydrogen-bond donors (Lipinski definition) is 2. The normalized spacial score (nSPS) is 49.9. The number of allylic oxidation sites excluding steroid dienone is 1. The van der Waals surface area contributed by atoms with Crippen LogP contribution >= 0.6 is 0 Å². The molecule has 0 aromatic heterocycles. The third-order valence-electron chi connectivity index (χ3n) is 12.7. The maximum atomic E-state index is 13.2. The Morgan fingerprint density at radius 3 is 2.18 bits per heavy atom. The topological polar surface area (TPSA) is 74.6 Å². The molecule has 4 fully saturated rings. The van der Waals surface area contributed by atoms with E-state index < -0.39 is 11.4 Å². The average Bonchev–Trinajstić information content (AvgIpc) is 3.05. The molecule has 5 aliphatic rings. The second-order valence-corrected chi connectivity index (χ2v) is 14.5. The standard InChI is InChI=1S/C30H46O4/c1-17(2)23-19(31)16-30(25(33)34)15-14-27(5)18(24(23)30)8-9-21-28(27,6)13-10-20-26(3,4)12-11-22(32)29(20,21)7/h17-18,20-22,32H,8-16H2,1-7H3,(H,33,34)/t18-,20+,21+,22?,27-,28-,29+,30-/m1/s1. The third-order valence-corrected chi connectivity index (χ3v) is 12.7. The van der Waals surface area contributed by atoms with Crippen LogP contribution in [0.2, 0.25) is 0 Å². The summed E-state index contributed by atoms with van der Waals surface area (Å²) in [5.41, 5.74) is 0.959. The molecule has 5 rings (SSSR count). The molecule has 0 spiro atoms. The van der Waals surface area contributed by atoms with E-state index in [1.165, 1.54) is 0 Å². The van der Waals surface area contributed by atoms with Crippen LogP contribution in [0.5, 0.6) is 0 Å². The molecule has 5 aliphatic carbocycles. The summed E-state index contributed by atoms with van der Waals surface area (Å²) in [4.78, 5) is 26.0. The molecule has 0 aromatic carbocycles. The van der Waals surface area contributed by atoms with Crippen molar-refractivity contribution in [1.29, 1.82) is 0 Å². The molecule has 34 heavy (non-hydrogen) atoms. The molecule has 2 N–H and O–H groups in total. The number of hydrogen-bond acceptors (Lipinski definition) is 3. The van der Waals surface area contributed by atoms with Gasteiger partial charge in [0, 0.05) is 11.8 Å². The van der Waals surface area contributed by atoms with Gasteiger partial charge in [-0.1, -0.05) is 48.5 Å². The highest BCUT2D eigenvalue weighted by molar-refractivity contribution is 6.05. The van der Waals surface area contributed by atoms with Gasteiger partial charge >= 0.3 is 5.97 Å². The van der Waals surface area contributed by atoms with Crippen molar-refractivity contribution in [3.63, 3.8) is 0 Å². The lowest BCUT2D eigenvalue weighted by Gasteiger charge is -2.72. The van der Waals surface area contributed by atoms with Crippen molar-refractivity contribution in [1.82, 2.24) is 0 Å². The summed E-state index contributed by atoms with van der Waals surface area (Å²) >= 11 is 0. The van der Waals surface area contributed by atoms with Gasteiger partial charge in [0.1, 0.15) is 0 Å². The number of aliphatic hydroxyl groups excluding tert-OH is 1. The van der Waals surface area contributed by atoms with Crippen LogP contribution in [0.25, 0.3) is 0 Å². The number of rotatable bonds is 2. The molecule has 190 valence electrons. The van der Waals surface area contributed by atoms with Gasteiger partial charge in [0.2, 0.25) is 0 Å². The van der Waals surface area contributed by atoms with Crippen LogP contribution in [0.15, 0.2) is 11.1 Å². The Bertz CT molecular complexity index is 961. The number of ketones is 1. The monoisotopic (exact) mass is 470 g/mol. The molecule has 4 saturated carbocycles. The van der Waals surface area contributed by atoms with E-state index in [0.29, 0.717) is 18.3 Å². The van der Waals surface area contributed by atoms with Crippen molar-refractivity contribution < 1.29 is 19.8 Å². The van der Waals surface area contributed by atoms with E-state index in [1.54, 1.807) is 0 Å². The molecule has 0 bridgehead atoms. The summed E-state index contributed by atoms with van der Waals surface area (Å²) < 4.78 is 0. The van der Waals surface area contributed by atoms with Gasteiger partial charge in [0.15, 0.2) is 5.78 Å². The van der Waals surface area contributed by atoms with Crippen molar-refractivity contribution in [2.45, 2.75) is 112 Å². The molecule has 4 heteroatoms. The Kier molecular flexibility index (Phi) is 5.20. The molecular formula is C30H46O4. The fraction of sp³-hybridized carbons (Fsp3) is 0.867. The lowest BCUT2D eigenvalue weighted by Crippen LogP contribution is -2.67. The molecular weight excluding hydrogens is 424 g/mol. The Hall–Kier alpha value is -1.16. The van der Waals surface area contributed by atoms with E-state index in [9.17, 15) is 19.8 Å². The minimum Gasteiger partial charge on any atom is -0.481 e. The highest BCUT2D eigenvalue weighted by Gasteiger charge is 2.71. The van der Waals surface area contributed by atoms with Crippen LogP contribution in [-0.4, -0.2) is 28.1 Å². The van der Waals surface area contributed by atoms with E-state index in [1.807, 2.05) is 0 Å². The van der Waals surface area contributed by atoms with E-state index in [4.69, 9.17) is 0 Å². The van der Waals surface area contributed by atoms with E-state index in [-0.39, 0.29) is 51.8 Å². The summed E-state index contributed by atoms with van der Waals surface area (Å²) in [7, 11) is 0. The van der Waals surface area contributed by atoms with Crippen molar-refractivity contribution in [2.75, 3.05) is 0 Å². The maximum Gasteiger partial charge on any atom is 0.314 e. The van der Waals surface area contributed by atoms with Gasteiger partial charge in [-0.3, -0.25) is 9.59 Å². The van der Waals surface area contributed by atoms with Crippen LogP contribution in [0.1, 0.15) is 106 Å². The molecule has 4 nitrogen and oxygen atoms in total. The number of carbonyl (C=O) groups is 2. The Balaban J connectivity index is 1.65. The number of carboxylic acid groups (broad SMARTS) is 1. The summed E-state index contributed by atoms with van der Waals surface area (Å²) in [6.45, 7) is 16.2. The first-order valence-corrected chi connectivity index (χ1v) is 13.9. The molecule has 0 amide bonds. The quantitative estimate of drug-likeness (QED) is 0.489. The largest absolute Gasteiger partial charge is 0.481 e. The minimum absolute atomic E-state index is 0.0287. The molecule has 0 saturated heterocycles. The molecule has 0 aromatic rings. The van der Waals surface area contributed by atoms with Gasteiger partial charge in [-0.2, -0.15) is 0 Å². The first-order valence-electron chi connectivity index (χ1n) is 13.9. The number of fused-ring (bicyclic) bond motifs is 7. The Labute approximate surface area is 206 Å². The maximum absolute atomic E-state index is 13.2. The van der Waals surface area contributed by atoms with Crippen LogP contribution in [-0.2, 0) is 9.59 Å². The first kappa shape index (κ1) is 24.5. The van der Waals surface area contributed by atoms with E-state index in [2.05, 4.69) is 48.5 Å². The second-order valence-electron chi connectivity index (χ2n) is 14.5.